The van der Waals surface area contributed by atoms with E-state index in [-0.39, 0.29) is 53.3 Å². The summed E-state index contributed by atoms with van der Waals surface area (Å²) in [5.41, 5.74) is 7.99. The van der Waals surface area contributed by atoms with Crippen LogP contribution in [0.5, 0.6) is 5.75 Å². The zero-order chi connectivity index (χ0) is 28.9. The van der Waals surface area contributed by atoms with Gasteiger partial charge in [0.2, 0.25) is 0 Å². The SMILES string of the molecule is CN(C)C.CNSNc1cccc(Cc2c(CNC(=O)/C(N)=C/NN)c3ccc(OC=O)cc3oc2=O)c1F. The van der Waals surface area contributed by atoms with Gasteiger partial charge in [0.1, 0.15) is 17.0 Å². The molecule has 0 aliphatic heterocycles. The normalized spacial score (nSPS) is 11.0. The van der Waals surface area contributed by atoms with Crippen molar-refractivity contribution in [3.8, 4) is 5.75 Å². The summed E-state index contributed by atoms with van der Waals surface area (Å²) in [6.07, 6.45) is 0.991. The Morgan fingerprint density at radius 2 is 1.92 bits per heavy atom. The molecule has 3 rings (SSSR count). The van der Waals surface area contributed by atoms with Crippen LogP contribution in [0.3, 0.4) is 0 Å². The number of rotatable bonds is 11. The molecule has 0 fully saturated rings. The summed E-state index contributed by atoms with van der Waals surface area (Å²) in [4.78, 5) is 38.0. The van der Waals surface area contributed by atoms with Gasteiger partial charge in [-0.3, -0.25) is 15.4 Å². The Labute approximate surface area is 229 Å². The zero-order valence-electron chi connectivity index (χ0n) is 22.0. The average Bonchev–Trinajstić information content (AvgIpc) is 2.88. The molecule has 3 aromatic rings. The van der Waals surface area contributed by atoms with Crippen LogP contribution >= 0.6 is 12.1 Å². The van der Waals surface area contributed by atoms with E-state index in [9.17, 15) is 14.4 Å². The lowest BCUT2D eigenvalue weighted by Gasteiger charge is -2.15. The minimum atomic E-state index is -0.737. The first-order chi connectivity index (χ1) is 18.6. The Bertz CT molecular complexity index is 1380. The second-order valence-electron chi connectivity index (χ2n) is 8.37. The van der Waals surface area contributed by atoms with Crippen molar-refractivity contribution in [1.29, 1.82) is 0 Å². The van der Waals surface area contributed by atoms with Gasteiger partial charge in [-0.25, -0.2) is 13.9 Å². The molecule has 8 N–H and O–H groups in total. The number of ether oxygens (including phenoxy) is 1. The predicted molar refractivity (Wildman–Crippen MR) is 150 cm³/mol. The molecule has 0 bridgehead atoms. The van der Waals surface area contributed by atoms with Crippen LogP contribution in [0.1, 0.15) is 16.7 Å². The van der Waals surface area contributed by atoms with Gasteiger partial charge in [0.25, 0.3) is 12.4 Å². The third kappa shape index (κ3) is 9.00. The molecule has 0 spiro atoms. The lowest BCUT2D eigenvalue weighted by atomic mass is 9.97. The maximum atomic E-state index is 15.1. The standard InChI is InChI=1S/C22H23FN6O5S.C3H9N/c1-26-35-29-18-4-2-3-12(20(18)23)7-15-16(9-27-21(31)17(24)10-28-25)14-6-5-13(33-11-30)8-19(14)34-22(15)32;1-4(2)3/h2-6,8,10-11,26,28-29H,7,9,24-25H2,1H3,(H,27,31);1-3H3/b17-10-;. The summed E-state index contributed by atoms with van der Waals surface area (Å²) in [7, 11) is 7.68. The number of hydrogen-bond donors (Lipinski definition) is 6. The Morgan fingerprint density at radius 3 is 2.56 bits per heavy atom. The predicted octanol–water partition coefficient (Wildman–Crippen LogP) is 1.31. The van der Waals surface area contributed by atoms with E-state index < -0.39 is 17.3 Å². The second-order valence-corrected chi connectivity index (χ2v) is 9.19. The van der Waals surface area contributed by atoms with E-state index in [1.54, 1.807) is 31.3 Å². The Morgan fingerprint density at radius 1 is 1.21 bits per heavy atom. The van der Waals surface area contributed by atoms with Gasteiger partial charge < -0.3 is 35.3 Å². The van der Waals surface area contributed by atoms with Crippen molar-refractivity contribution in [3.05, 3.63) is 81.2 Å². The first-order valence-electron chi connectivity index (χ1n) is 11.5. The number of carbonyl (C=O) groups excluding carboxylic acids is 2. The quantitative estimate of drug-likeness (QED) is 0.0495. The van der Waals surface area contributed by atoms with Crippen LogP contribution in [0.4, 0.5) is 10.1 Å². The number of nitrogens with zero attached hydrogens (tertiary/aromatic N) is 1. The number of nitrogens with one attached hydrogen (secondary N) is 4. The number of fused-ring (bicyclic) bond motifs is 1. The van der Waals surface area contributed by atoms with Crippen molar-refractivity contribution in [2.45, 2.75) is 13.0 Å². The molecule has 0 atom stereocenters. The maximum Gasteiger partial charge on any atom is 0.340 e. The first kappa shape index (κ1) is 31.1. The largest absolute Gasteiger partial charge is 0.429 e. The van der Waals surface area contributed by atoms with Crippen molar-refractivity contribution >= 4 is 41.2 Å². The van der Waals surface area contributed by atoms with Crippen LogP contribution in [-0.4, -0.2) is 45.5 Å². The molecule has 210 valence electrons. The highest BCUT2D eigenvalue weighted by Gasteiger charge is 2.19. The number of hydrogen-bond acceptors (Lipinski definition) is 12. The van der Waals surface area contributed by atoms with Crippen molar-refractivity contribution in [3.63, 3.8) is 0 Å². The molecule has 0 aliphatic carbocycles. The van der Waals surface area contributed by atoms with E-state index in [1.165, 1.54) is 12.1 Å². The number of nitrogens with two attached hydrogens (primary N) is 2. The average molecular weight is 562 g/mol. The van der Waals surface area contributed by atoms with Gasteiger partial charge in [-0.05, 0) is 57.5 Å². The molecule has 14 heteroatoms. The third-order valence-electron chi connectivity index (χ3n) is 4.91. The van der Waals surface area contributed by atoms with E-state index in [0.29, 0.717) is 10.9 Å². The van der Waals surface area contributed by atoms with Gasteiger partial charge in [-0.1, -0.05) is 12.1 Å². The number of carbonyl (C=O) groups is 2. The first-order valence-corrected chi connectivity index (χ1v) is 12.3. The summed E-state index contributed by atoms with van der Waals surface area (Å²) < 4.78 is 31.0. The zero-order valence-corrected chi connectivity index (χ0v) is 22.8. The lowest BCUT2D eigenvalue weighted by molar-refractivity contribution is -0.120. The highest BCUT2D eigenvalue weighted by atomic mass is 32.2. The van der Waals surface area contributed by atoms with Crippen LogP contribution in [0.15, 0.2) is 57.5 Å². The van der Waals surface area contributed by atoms with E-state index >= 15 is 4.39 Å². The minimum Gasteiger partial charge on any atom is -0.429 e. The molecule has 0 unspecified atom stereocenters. The molecule has 2 aromatic carbocycles. The molecule has 39 heavy (non-hydrogen) atoms. The van der Waals surface area contributed by atoms with Gasteiger partial charge in [-0.15, -0.1) is 0 Å². The summed E-state index contributed by atoms with van der Waals surface area (Å²) in [5, 5.41) is 3.07. The van der Waals surface area contributed by atoms with Crippen molar-refractivity contribution in [1.82, 2.24) is 20.4 Å². The van der Waals surface area contributed by atoms with E-state index in [0.717, 1.165) is 18.3 Å². The fourth-order valence-corrected chi connectivity index (χ4v) is 3.68. The molecular formula is C25H32FN7O5S. The van der Waals surface area contributed by atoms with E-state index in [4.69, 9.17) is 20.7 Å². The van der Waals surface area contributed by atoms with Crippen molar-refractivity contribution in [2.75, 3.05) is 32.9 Å². The molecule has 1 amide bonds. The summed E-state index contributed by atoms with van der Waals surface area (Å²) >= 11 is 1.09. The number of hydrazine groups is 1. The minimum absolute atomic E-state index is 0.114. The molecule has 0 aliphatic rings. The Hall–Kier alpha value is -4.11. The highest BCUT2D eigenvalue weighted by Crippen LogP contribution is 2.28. The Kier molecular flexibility index (Phi) is 12.2. The van der Waals surface area contributed by atoms with Gasteiger partial charge >= 0.3 is 5.63 Å². The van der Waals surface area contributed by atoms with Gasteiger partial charge in [-0.2, -0.15) is 0 Å². The Balaban J connectivity index is 0.00000124. The third-order valence-corrected chi connectivity index (χ3v) is 5.44. The van der Waals surface area contributed by atoms with Gasteiger partial charge in [0.05, 0.1) is 5.69 Å². The number of benzene rings is 2. The van der Waals surface area contributed by atoms with Crippen LogP contribution < -0.4 is 42.1 Å². The summed E-state index contributed by atoms with van der Waals surface area (Å²) in [6.45, 7) is 0.115. The number of anilines is 1. The molecule has 0 radical (unpaired) electrons. The molecule has 12 nitrogen and oxygen atoms in total. The topological polar surface area (TPSA) is 177 Å². The molecule has 0 saturated carbocycles. The monoisotopic (exact) mass is 561 g/mol. The highest BCUT2D eigenvalue weighted by molar-refractivity contribution is 7.98. The smallest absolute Gasteiger partial charge is 0.340 e. The fraction of sp³-hybridized carbons (Fsp3) is 0.240. The van der Waals surface area contributed by atoms with Gasteiger partial charge in [0.15, 0.2) is 5.82 Å². The number of amides is 1. The maximum absolute atomic E-state index is 15.1. The van der Waals surface area contributed by atoms with Crippen LogP contribution in [-0.2, 0) is 22.6 Å². The fourth-order valence-electron chi connectivity index (χ4n) is 3.31. The number of halogens is 1. The van der Waals surface area contributed by atoms with Crippen molar-refractivity contribution < 1.29 is 23.1 Å². The molecule has 1 heterocycles. The van der Waals surface area contributed by atoms with Crippen LogP contribution in [0.25, 0.3) is 11.0 Å². The molecule has 1 aromatic heterocycles. The summed E-state index contributed by atoms with van der Waals surface area (Å²) in [5.74, 6) is 4.13. The van der Waals surface area contributed by atoms with Crippen LogP contribution in [0, 0.1) is 5.82 Å². The lowest BCUT2D eigenvalue weighted by Crippen LogP contribution is -2.31. The van der Waals surface area contributed by atoms with Gasteiger partial charge in [0, 0.05) is 48.3 Å². The molecule has 0 saturated heterocycles. The van der Waals surface area contributed by atoms with E-state index in [2.05, 4.69) is 20.2 Å². The summed E-state index contributed by atoms with van der Waals surface area (Å²) in [6, 6.07) is 9.19. The van der Waals surface area contributed by atoms with Crippen LogP contribution in [0.2, 0.25) is 0 Å². The van der Waals surface area contributed by atoms with E-state index in [1.807, 2.05) is 26.0 Å². The molecular weight excluding hydrogens is 529 g/mol. The second kappa shape index (κ2) is 15.3. The van der Waals surface area contributed by atoms with Crippen molar-refractivity contribution in [2.24, 2.45) is 11.6 Å².